The monoisotopic (exact) mass is 425 g/mol. The zero-order valence-electron chi connectivity index (χ0n) is 18.0. The number of fused-ring (bicyclic) bond motifs is 1. The molecule has 1 fully saturated rings. The van der Waals surface area contributed by atoms with Gasteiger partial charge in [0.1, 0.15) is 11.7 Å². The molecule has 1 atom stereocenters. The Kier molecular flexibility index (Phi) is 5.36. The molecule has 7 heteroatoms. The predicted molar refractivity (Wildman–Crippen MR) is 118 cm³/mol. The summed E-state index contributed by atoms with van der Waals surface area (Å²) in [4.78, 5) is 22.2. The van der Waals surface area contributed by atoms with Crippen LogP contribution in [0.4, 0.5) is 4.79 Å². The molecule has 0 spiro atoms. The fourth-order valence-electron chi connectivity index (χ4n) is 3.64. The molecule has 1 aliphatic rings. The zero-order chi connectivity index (χ0) is 21.6. The lowest BCUT2D eigenvalue weighted by Gasteiger charge is -2.20. The summed E-state index contributed by atoms with van der Waals surface area (Å²) in [6, 6.07) is 7.64. The summed E-state index contributed by atoms with van der Waals surface area (Å²) in [6.07, 6.45) is 4.48. The molecule has 0 radical (unpaired) electrons. The number of aliphatic hydroxyl groups excluding tert-OH is 1. The summed E-state index contributed by atoms with van der Waals surface area (Å²) in [5.41, 5.74) is 3.58. The van der Waals surface area contributed by atoms with E-state index in [1.54, 1.807) is 18.0 Å². The van der Waals surface area contributed by atoms with Gasteiger partial charge in [0.2, 0.25) is 0 Å². The Morgan fingerprint density at radius 1 is 1.27 bits per heavy atom. The van der Waals surface area contributed by atoms with Crippen LogP contribution in [-0.2, 0) is 4.74 Å². The number of hydrogen-bond donors (Lipinski definition) is 1. The second kappa shape index (κ2) is 7.71. The van der Waals surface area contributed by atoms with Gasteiger partial charge < -0.3 is 9.84 Å². The Morgan fingerprint density at radius 3 is 2.57 bits per heavy atom. The van der Waals surface area contributed by atoms with Gasteiger partial charge in [-0.1, -0.05) is 6.07 Å². The fourth-order valence-corrected chi connectivity index (χ4v) is 4.00. The summed E-state index contributed by atoms with van der Waals surface area (Å²) in [7, 11) is 0. The number of aliphatic hydroxyl groups is 1. The molecule has 0 aliphatic heterocycles. The Labute approximate surface area is 180 Å². The van der Waals surface area contributed by atoms with Crippen molar-refractivity contribution in [3.05, 3.63) is 53.0 Å². The molecule has 1 saturated carbocycles. The number of hydrogen-bond acceptors (Lipinski definition) is 6. The molecular formula is C23H27N3O3S. The molecule has 1 unspecified atom stereocenters. The molecule has 3 heterocycles. The van der Waals surface area contributed by atoms with Crippen LogP contribution >= 0.6 is 11.8 Å². The molecular weight excluding hydrogens is 398 g/mol. The molecule has 0 saturated heterocycles. The minimum absolute atomic E-state index is 0.465. The van der Waals surface area contributed by atoms with Crippen molar-refractivity contribution in [3.8, 4) is 0 Å². The van der Waals surface area contributed by atoms with Crippen LogP contribution in [0.1, 0.15) is 68.1 Å². The third-order valence-electron chi connectivity index (χ3n) is 5.25. The highest BCUT2D eigenvalue weighted by molar-refractivity contribution is 7.98. The maximum Gasteiger partial charge on any atom is 0.419 e. The highest BCUT2D eigenvalue weighted by Gasteiger charge is 2.30. The highest BCUT2D eigenvalue weighted by Crippen LogP contribution is 2.41. The SMILES string of the molecule is CSc1ccc(C(O)c2c(C)n(C(=O)OC(C)(C)C)c3ccc(C4CC4)nc23)cn1. The van der Waals surface area contributed by atoms with Crippen LogP contribution in [0.2, 0.25) is 0 Å². The molecule has 6 nitrogen and oxygen atoms in total. The Bertz CT molecular complexity index is 1100. The first kappa shape index (κ1) is 20.9. The van der Waals surface area contributed by atoms with Crippen LogP contribution in [0.3, 0.4) is 0 Å². The standard InChI is InChI=1S/C23H27N3O3S/c1-13-19(21(27)15-8-11-18(30-5)24-12-15)20-17(10-9-16(25-20)14-6-7-14)26(13)22(28)29-23(2,3)4/h8-12,14,21,27H,6-7H2,1-5H3. The van der Waals surface area contributed by atoms with Crippen LogP contribution in [0, 0.1) is 6.92 Å². The molecule has 0 amide bonds. The van der Waals surface area contributed by atoms with Crippen molar-refractivity contribution in [3.63, 3.8) is 0 Å². The van der Waals surface area contributed by atoms with E-state index < -0.39 is 17.8 Å². The smallest absolute Gasteiger partial charge is 0.419 e. The lowest BCUT2D eigenvalue weighted by Crippen LogP contribution is -2.27. The summed E-state index contributed by atoms with van der Waals surface area (Å²) in [5.74, 6) is 0.465. The zero-order valence-corrected chi connectivity index (χ0v) is 18.8. The second-order valence-corrected chi connectivity index (χ2v) is 9.56. The fraction of sp³-hybridized carbons (Fsp3) is 0.435. The quantitative estimate of drug-likeness (QED) is 0.579. The lowest BCUT2D eigenvalue weighted by atomic mass is 10.0. The van der Waals surface area contributed by atoms with Crippen LogP contribution in [-0.4, -0.2) is 37.6 Å². The molecule has 3 aromatic heterocycles. The van der Waals surface area contributed by atoms with E-state index in [9.17, 15) is 9.90 Å². The number of carbonyl (C=O) groups is 1. The largest absolute Gasteiger partial charge is 0.443 e. The van der Waals surface area contributed by atoms with Crippen LogP contribution in [0.15, 0.2) is 35.5 Å². The van der Waals surface area contributed by atoms with Gasteiger partial charge in [0.25, 0.3) is 0 Å². The molecule has 30 heavy (non-hydrogen) atoms. The van der Waals surface area contributed by atoms with Gasteiger partial charge in [-0.25, -0.2) is 14.3 Å². The average molecular weight is 426 g/mol. The molecule has 1 aliphatic carbocycles. The van der Waals surface area contributed by atoms with E-state index in [4.69, 9.17) is 9.72 Å². The van der Waals surface area contributed by atoms with Crippen molar-refractivity contribution in [2.45, 2.75) is 63.2 Å². The number of nitrogens with zero attached hydrogens (tertiary/aromatic N) is 3. The van der Waals surface area contributed by atoms with Gasteiger partial charge >= 0.3 is 6.09 Å². The first-order valence-corrected chi connectivity index (χ1v) is 11.4. The summed E-state index contributed by atoms with van der Waals surface area (Å²) >= 11 is 1.55. The van der Waals surface area contributed by atoms with E-state index in [2.05, 4.69) is 4.98 Å². The molecule has 1 N–H and O–H groups in total. The highest BCUT2D eigenvalue weighted by atomic mass is 32.2. The van der Waals surface area contributed by atoms with E-state index in [-0.39, 0.29) is 0 Å². The second-order valence-electron chi connectivity index (χ2n) is 8.73. The van der Waals surface area contributed by atoms with Crippen molar-refractivity contribution >= 4 is 28.9 Å². The average Bonchev–Trinajstić information content (AvgIpc) is 3.49. The Hall–Kier alpha value is -2.38. The van der Waals surface area contributed by atoms with E-state index in [0.717, 1.165) is 23.6 Å². The number of pyridine rings is 2. The third kappa shape index (κ3) is 3.96. The van der Waals surface area contributed by atoms with Crippen LogP contribution < -0.4 is 0 Å². The normalized spacial score (nSPS) is 15.4. The number of thioether (sulfide) groups is 1. The molecule has 0 aromatic carbocycles. The molecule has 3 aromatic rings. The summed E-state index contributed by atoms with van der Waals surface area (Å²) in [6.45, 7) is 7.34. The van der Waals surface area contributed by atoms with Crippen molar-refractivity contribution in [1.82, 2.24) is 14.5 Å². The third-order valence-corrected chi connectivity index (χ3v) is 5.91. The van der Waals surface area contributed by atoms with Crippen molar-refractivity contribution in [2.75, 3.05) is 6.26 Å². The van der Waals surface area contributed by atoms with Gasteiger partial charge in [0, 0.05) is 34.6 Å². The van der Waals surface area contributed by atoms with Crippen LogP contribution in [0.25, 0.3) is 11.0 Å². The van der Waals surface area contributed by atoms with Gasteiger partial charge in [-0.15, -0.1) is 11.8 Å². The minimum Gasteiger partial charge on any atom is -0.443 e. The number of ether oxygens (including phenoxy) is 1. The van der Waals surface area contributed by atoms with Crippen molar-refractivity contribution in [2.24, 2.45) is 0 Å². The number of carbonyl (C=O) groups excluding carboxylic acids is 1. The van der Waals surface area contributed by atoms with Gasteiger partial charge in [-0.05, 0) is 65.0 Å². The van der Waals surface area contributed by atoms with Gasteiger partial charge in [-0.2, -0.15) is 0 Å². The topological polar surface area (TPSA) is 77.2 Å². The Morgan fingerprint density at radius 2 is 2.00 bits per heavy atom. The van der Waals surface area contributed by atoms with E-state index in [1.165, 1.54) is 4.57 Å². The first-order chi connectivity index (χ1) is 14.2. The maximum absolute atomic E-state index is 13.0. The predicted octanol–water partition coefficient (Wildman–Crippen LogP) is 5.20. The van der Waals surface area contributed by atoms with Crippen molar-refractivity contribution < 1.29 is 14.6 Å². The number of rotatable bonds is 4. The van der Waals surface area contributed by atoms with E-state index >= 15 is 0 Å². The van der Waals surface area contributed by atoms with Gasteiger partial charge in [-0.3, -0.25) is 4.98 Å². The van der Waals surface area contributed by atoms with Gasteiger partial charge in [0.15, 0.2) is 0 Å². The number of aromatic nitrogens is 3. The maximum atomic E-state index is 13.0. The van der Waals surface area contributed by atoms with E-state index in [1.807, 2.05) is 58.2 Å². The van der Waals surface area contributed by atoms with Crippen LogP contribution in [0.5, 0.6) is 0 Å². The lowest BCUT2D eigenvalue weighted by molar-refractivity contribution is 0.0541. The summed E-state index contributed by atoms with van der Waals surface area (Å²) < 4.78 is 7.15. The molecule has 4 rings (SSSR count). The van der Waals surface area contributed by atoms with Crippen molar-refractivity contribution in [1.29, 1.82) is 0 Å². The van der Waals surface area contributed by atoms with Gasteiger partial charge in [0.05, 0.1) is 16.1 Å². The minimum atomic E-state index is -0.943. The molecule has 0 bridgehead atoms. The first-order valence-electron chi connectivity index (χ1n) is 10.1. The van der Waals surface area contributed by atoms with E-state index in [0.29, 0.717) is 33.8 Å². The summed E-state index contributed by atoms with van der Waals surface area (Å²) in [5, 5.41) is 12.1. The molecule has 158 valence electrons. The Balaban J connectivity index is 1.87.